The molecule has 0 unspecified atom stereocenters. The Labute approximate surface area is 226 Å². The van der Waals surface area contributed by atoms with E-state index in [1.807, 2.05) is 30.3 Å². The van der Waals surface area contributed by atoms with Crippen LogP contribution in [0.3, 0.4) is 0 Å². The number of hydrogen-bond donors (Lipinski definition) is 0. The average molecular weight is 551 g/mol. The molecule has 0 N–H and O–H groups in total. The van der Waals surface area contributed by atoms with Crippen LogP contribution in [0.4, 0.5) is 0 Å². The molecule has 4 aromatic rings. The lowest BCUT2D eigenvalue weighted by atomic mass is 9.96. The third-order valence-corrected chi connectivity index (χ3v) is 7.32. The molecule has 0 radical (unpaired) electrons. The van der Waals surface area contributed by atoms with Gasteiger partial charge in [-0.2, -0.15) is 0 Å². The topological polar surface area (TPSA) is 73.8 Å². The highest BCUT2D eigenvalue weighted by molar-refractivity contribution is 7.07. The fraction of sp³-hybridized carbons (Fsp3) is 0.107. The van der Waals surface area contributed by atoms with E-state index in [1.54, 1.807) is 43.3 Å². The van der Waals surface area contributed by atoms with Crippen LogP contribution in [0.15, 0.2) is 98.8 Å². The van der Waals surface area contributed by atoms with Gasteiger partial charge >= 0.3 is 5.97 Å². The number of allylic oxidation sites excluding steroid dienone is 1. The fourth-order valence-electron chi connectivity index (χ4n) is 4.14. The molecule has 3 heterocycles. The van der Waals surface area contributed by atoms with Crippen molar-refractivity contribution < 1.29 is 13.9 Å². The molecule has 0 bridgehead atoms. The molecule has 6 nitrogen and oxygen atoms in total. The second-order valence-corrected chi connectivity index (χ2v) is 10.1. The first-order valence-corrected chi connectivity index (χ1v) is 12.9. The predicted molar refractivity (Wildman–Crippen MR) is 146 cm³/mol. The molecule has 0 amide bonds. The van der Waals surface area contributed by atoms with E-state index < -0.39 is 12.0 Å². The summed E-state index contributed by atoms with van der Waals surface area (Å²) in [5.41, 5.74) is 1.97. The lowest BCUT2D eigenvalue weighted by Gasteiger charge is -2.24. The predicted octanol–water partition coefficient (Wildman–Crippen LogP) is 5.53. The van der Waals surface area contributed by atoms with Gasteiger partial charge in [-0.1, -0.05) is 77.5 Å². The Hall–Kier alpha value is -3.65. The Morgan fingerprint density at radius 2 is 1.97 bits per heavy atom. The minimum Gasteiger partial charge on any atom is -0.458 e. The smallest absolute Gasteiger partial charge is 0.338 e. The van der Waals surface area contributed by atoms with Crippen molar-refractivity contribution in [1.29, 1.82) is 0 Å². The fourth-order valence-corrected chi connectivity index (χ4v) is 5.67. The summed E-state index contributed by atoms with van der Waals surface area (Å²) in [5, 5.41) is 0.986. The maximum Gasteiger partial charge on any atom is 0.338 e. The minimum atomic E-state index is -0.683. The van der Waals surface area contributed by atoms with Gasteiger partial charge in [0.1, 0.15) is 18.1 Å². The number of hydrogen-bond acceptors (Lipinski definition) is 6. The number of furan rings is 1. The van der Waals surface area contributed by atoms with Gasteiger partial charge in [-0.3, -0.25) is 9.36 Å². The summed E-state index contributed by atoms with van der Waals surface area (Å²) in [6.07, 6.45) is 3.16. The van der Waals surface area contributed by atoms with E-state index in [0.717, 1.165) is 5.56 Å². The molecule has 0 spiro atoms. The molecule has 186 valence electrons. The second-order valence-electron chi connectivity index (χ2n) is 8.21. The Kier molecular flexibility index (Phi) is 7.02. The lowest BCUT2D eigenvalue weighted by molar-refractivity contribution is -0.138. The lowest BCUT2D eigenvalue weighted by Crippen LogP contribution is -2.39. The number of carbonyl (C=O) groups is 1. The maximum atomic E-state index is 13.7. The second kappa shape index (κ2) is 10.4. The van der Waals surface area contributed by atoms with Gasteiger partial charge in [-0.25, -0.2) is 9.79 Å². The van der Waals surface area contributed by atoms with E-state index in [0.29, 0.717) is 47.7 Å². The van der Waals surface area contributed by atoms with Gasteiger partial charge in [0.25, 0.3) is 5.56 Å². The molecule has 9 heteroatoms. The number of esters is 1. The molecule has 5 rings (SSSR count). The highest BCUT2D eigenvalue weighted by atomic mass is 35.5. The third kappa shape index (κ3) is 4.85. The molecular weight excluding hydrogens is 531 g/mol. The minimum absolute atomic E-state index is 0.0556. The highest BCUT2D eigenvalue weighted by Gasteiger charge is 2.33. The molecule has 0 saturated carbocycles. The van der Waals surface area contributed by atoms with Gasteiger partial charge in [-0.15, -0.1) is 0 Å². The number of benzene rings is 2. The van der Waals surface area contributed by atoms with Crippen LogP contribution in [-0.4, -0.2) is 17.1 Å². The summed E-state index contributed by atoms with van der Waals surface area (Å²) in [6, 6.07) is 17.3. The zero-order chi connectivity index (χ0) is 26.1. The summed E-state index contributed by atoms with van der Waals surface area (Å²) < 4.78 is 13.3. The molecule has 1 aliphatic rings. The van der Waals surface area contributed by atoms with Crippen molar-refractivity contribution in [3.05, 3.63) is 126 Å². The molecule has 37 heavy (non-hydrogen) atoms. The van der Waals surface area contributed by atoms with Crippen molar-refractivity contribution in [2.75, 3.05) is 6.61 Å². The van der Waals surface area contributed by atoms with E-state index in [-0.39, 0.29) is 12.2 Å². The number of thiazole rings is 1. The standard InChI is InChI=1S/C28H20Cl2N2O4S/c1-3-13-35-27(34)24-16(2)31-28-32(25(24)17-7-5-4-6-8-17)26(33)23(37-28)15-19-10-12-22(36-19)20-11-9-18(29)14-21(20)30/h3-12,14-15,25H,1,13H2,2H3/b23-15-/t25-/m1/s1. The number of aromatic nitrogens is 1. The van der Waals surface area contributed by atoms with E-state index in [4.69, 9.17) is 32.4 Å². The van der Waals surface area contributed by atoms with Crippen molar-refractivity contribution in [1.82, 2.24) is 4.57 Å². The van der Waals surface area contributed by atoms with E-state index >= 15 is 0 Å². The summed E-state index contributed by atoms with van der Waals surface area (Å²) in [7, 11) is 0. The van der Waals surface area contributed by atoms with Crippen molar-refractivity contribution >= 4 is 46.6 Å². The largest absolute Gasteiger partial charge is 0.458 e. The van der Waals surface area contributed by atoms with Crippen molar-refractivity contribution in [3.63, 3.8) is 0 Å². The van der Waals surface area contributed by atoms with Gasteiger partial charge < -0.3 is 9.15 Å². The molecule has 1 aliphatic heterocycles. The van der Waals surface area contributed by atoms with Crippen LogP contribution >= 0.6 is 34.5 Å². The third-order valence-electron chi connectivity index (χ3n) is 5.79. The SMILES string of the molecule is C=CCOC(=O)C1=C(C)N=c2s/c(=C\c3ccc(-c4ccc(Cl)cc4Cl)o3)c(=O)n2[C@@H]1c1ccccc1. The van der Waals surface area contributed by atoms with Gasteiger partial charge in [0, 0.05) is 16.7 Å². The molecular formula is C28H20Cl2N2O4S. The van der Waals surface area contributed by atoms with Crippen LogP contribution < -0.4 is 14.9 Å². The van der Waals surface area contributed by atoms with Crippen LogP contribution in [0.25, 0.3) is 17.4 Å². The average Bonchev–Trinajstić information content (AvgIpc) is 3.46. The van der Waals surface area contributed by atoms with Crippen LogP contribution in [-0.2, 0) is 9.53 Å². The zero-order valence-corrected chi connectivity index (χ0v) is 21.9. The van der Waals surface area contributed by atoms with E-state index in [1.165, 1.54) is 22.0 Å². The van der Waals surface area contributed by atoms with E-state index in [2.05, 4.69) is 11.6 Å². The van der Waals surface area contributed by atoms with Gasteiger partial charge in [-0.05, 0) is 42.8 Å². The van der Waals surface area contributed by atoms with Crippen LogP contribution in [0.5, 0.6) is 0 Å². The number of rotatable bonds is 6. The first-order valence-electron chi connectivity index (χ1n) is 11.3. The molecule has 0 saturated heterocycles. The molecule has 2 aromatic heterocycles. The van der Waals surface area contributed by atoms with Gasteiger partial charge in [0.2, 0.25) is 0 Å². The summed E-state index contributed by atoms with van der Waals surface area (Å²) in [6.45, 7) is 5.40. The number of halogens is 2. The molecule has 0 fully saturated rings. The van der Waals surface area contributed by atoms with Crippen molar-refractivity contribution in [2.45, 2.75) is 13.0 Å². The number of carbonyl (C=O) groups excluding carboxylic acids is 1. The first kappa shape index (κ1) is 25.0. The molecule has 2 aromatic carbocycles. The quantitative estimate of drug-likeness (QED) is 0.233. The Balaban J connectivity index is 1.62. The van der Waals surface area contributed by atoms with Gasteiger partial charge in [0.15, 0.2) is 4.80 Å². The normalized spacial score (nSPS) is 15.3. The Morgan fingerprint density at radius 1 is 1.19 bits per heavy atom. The van der Waals surface area contributed by atoms with Crippen LogP contribution in [0, 0.1) is 0 Å². The highest BCUT2D eigenvalue weighted by Crippen LogP contribution is 2.32. The van der Waals surface area contributed by atoms with Crippen molar-refractivity contribution in [2.24, 2.45) is 4.99 Å². The Morgan fingerprint density at radius 3 is 2.70 bits per heavy atom. The number of fused-ring (bicyclic) bond motifs is 1. The van der Waals surface area contributed by atoms with Gasteiger partial charge in [0.05, 0.1) is 26.9 Å². The molecule has 1 atom stereocenters. The van der Waals surface area contributed by atoms with Crippen molar-refractivity contribution in [3.8, 4) is 11.3 Å². The maximum absolute atomic E-state index is 13.7. The van der Waals surface area contributed by atoms with Crippen LogP contribution in [0.2, 0.25) is 10.0 Å². The summed E-state index contributed by atoms with van der Waals surface area (Å²) >= 11 is 13.5. The monoisotopic (exact) mass is 550 g/mol. The van der Waals surface area contributed by atoms with E-state index in [9.17, 15) is 9.59 Å². The first-order chi connectivity index (χ1) is 17.9. The summed E-state index contributed by atoms with van der Waals surface area (Å²) in [4.78, 5) is 31.8. The molecule has 0 aliphatic carbocycles. The van der Waals surface area contributed by atoms with Crippen LogP contribution in [0.1, 0.15) is 24.3 Å². The number of ether oxygens (including phenoxy) is 1. The Bertz CT molecular complexity index is 1730. The zero-order valence-electron chi connectivity index (χ0n) is 19.6. The number of nitrogens with zero attached hydrogens (tertiary/aromatic N) is 2. The summed E-state index contributed by atoms with van der Waals surface area (Å²) in [5.74, 6) is 0.481.